The van der Waals surface area contributed by atoms with Crippen LogP contribution in [0.1, 0.15) is 87.8 Å². The third-order valence-corrected chi connectivity index (χ3v) is 8.29. The van der Waals surface area contributed by atoms with Gasteiger partial charge in [-0.2, -0.15) is 48.0 Å². The molecule has 3 heteroatoms. The summed E-state index contributed by atoms with van der Waals surface area (Å²) < 4.78 is 3.34. The van der Waals surface area contributed by atoms with Crippen molar-refractivity contribution < 1.29 is 24.2 Å². The predicted molar refractivity (Wildman–Crippen MR) is 192 cm³/mol. The van der Waals surface area contributed by atoms with Gasteiger partial charge in [-0.3, -0.25) is 6.08 Å². The first-order valence-corrected chi connectivity index (χ1v) is 15.9. The number of fused-ring (bicyclic) bond motifs is 5. The van der Waals surface area contributed by atoms with Crippen molar-refractivity contribution in [1.29, 1.82) is 0 Å². The Hall–Kier alpha value is -2.18. The first kappa shape index (κ1) is 38.8. The number of allylic oxidation sites excluding steroid dienone is 8. The van der Waals surface area contributed by atoms with E-state index < -0.39 is 0 Å². The molecular weight excluding hydrogens is 643 g/mol. The van der Waals surface area contributed by atoms with Gasteiger partial charge in [-0.1, -0.05) is 62.9 Å². The van der Waals surface area contributed by atoms with E-state index in [0.717, 1.165) is 19.3 Å². The summed E-state index contributed by atoms with van der Waals surface area (Å²) in [5.74, 6) is 0. The zero-order valence-corrected chi connectivity index (χ0v) is 30.9. The average molecular weight is 689 g/mol. The van der Waals surface area contributed by atoms with Crippen LogP contribution in [0.2, 0.25) is 0 Å². The van der Waals surface area contributed by atoms with Gasteiger partial charge in [-0.05, 0) is 70.2 Å². The molecule has 0 heterocycles. The molecule has 0 saturated heterocycles. The quantitative estimate of drug-likeness (QED) is 0.161. The van der Waals surface area contributed by atoms with Crippen LogP contribution >= 0.6 is 24.8 Å². The Balaban J connectivity index is 0.000000485. The van der Waals surface area contributed by atoms with Crippen molar-refractivity contribution in [2.45, 2.75) is 71.6 Å². The molecule has 0 aromatic heterocycles. The van der Waals surface area contributed by atoms with E-state index in [1.807, 2.05) is 42.5 Å². The molecule has 4 aliphatic rings. The van der Waals surface area contributed by atoms with Gasteiger partial charge in [-0.15, -0.1) is 43.7 Å². The van der Waals surface area contributed by atoms with Crippen LogP contribution < -0.4 is 0 Å². The first-order valence-electron chi connectivity index (χ1n) is 14.2. The summed E-state index contributed by atoms with van der Waals surface area (Å²) in [7, 11) is 0. The Morgan fingerprint density at radius 3 is 1.84 bits per heavy atom. The molecule has 0 atom stereocenters. The summed E-state index contributed by atoms with van der Waals surface area (Å²) in [5.41, 5.74) is 15.0. The molecule has 0 nitrogen and oxygen atoms in total. The molecule has 43 heavy (non-hydrogen) atoms. The Labute approximate surface area is 289 Å². The van der Waals surface area contributed by atoms with Crippen LogP contribution in [0, 0.1) is 26.0 Å². The molecule has 4 aliphatic carbocycles. The van der Waals surface area contributed by atoms with E-state index in [2.05, 4.69) is 107 Å². The van der Waals surface area contributed by atoms with Gasteiger partial charge < -0.3 is 7.43 Å². The van der Waals surface area contributed by atoms with Gasteiger partial charge in [-0.25, -0.2) is 24.6 Å². The van der Waals surface area contributed by atoms with Gasteiger partial charge in [0.15, 0.2) is 0 Å². The number of benzene rings is 3. The smallest absolute Gasteiger partial charge is 0.171 e. The average Bonchev–Trinajstić information content (AvgIpc) is 3.66. The van der Waals surface area contributed by atoms with Crippen LogP contribution in [0.4, 0.5) is 0 Å². The SMILES string of the molecule is CC1=C[CH-]C(C)(C)c2cc3c(cc21)-c1cc2c(cc1C3)C(C)(C)CC=C2C.Cl.Cl.[C-]1=CC=CC1.[CH2]=[Zr].[CH3-].[c-]1ccccc1. The Morgan fingerprint density at radius 1 is 0.791 bits per heavy atom. The second kappa shape index (κ2) is 16.8. The largest absolute Gasteiger partial charge is 0.358 e. The standard InChI is InChI=1S/C27H29.C6H5.C5H5.CH3.CH2.2ClH.Zr/c1-16-7-9-26(3,4)24-12-18-11-19-13-25-21(17(2)8-10-27(25,5)6)15-23(19)22(18)14-20(16)24;1-2-4-6-5-3-1;1-2-4-5-3-1;;;;;/h7-9,12-15H,10-11H2,1-6H3;1-5H;1-3H,4H2;1H3;1H2;2*1H;/q4*-1;;;;. The topological polar surface area (TPSA) is 0 Å². The summed E-state index contributed by atoms with van der Waals surface area (Å²) in [6.45, 7) is 13.9. The van der Waals surface area contributed by atoms with Crippen molar-refractivity contribution in [3.8, 4) is 11.1 Å². The molecule has 3 aromatic carbocycles. The Morgan fingerprint density at radius 2 is 1.37 bits per heavy atom. The molecule has 0 unspecified atom stereocenters. The molecule has 0 bridgehead atoms. The molecule has 0 aliphatic heterocycles. The maximum Gasteiger partial charge on any atom is -0.171 e. The van der Waals surface area contributed by atoms with E-state index >= 15 is 0 Å². The fourth-order valence-electron chi connectivity index (χ4n) is 5.86. The summed E-state index contributed by atoms with van der Waals surface area (Å²) in [6.07, 6.45) is 19.3. The van der Waals surface area contributed by atoms with Crippen LogP contribution in [0.3, 0.4) is 0 Å². The molecule has 0 amide bonds. The van der Waals surface area contributed by atoms with Crippen molar-refractivity contribution in [2.24, 2.45) is 0 Å². The zero-order valence-electron chi connectivity index (χ0n) is 26.8. The van der Waals surface area contributed by atoms with Gasteiger partial charge in [0.2, 0.25) is 0 Å². The van der Waals surface area contributed by atoms with Crippen LogP contribution in [-0.2, 0) is 41.5 Å². The van der Waals surface area contributed by atoms with E-state index in [0.29, 0.717) is 0 Å². The van der Waals surface area contributed by atoms with Gasteiger partial charge in [0.05, 0.1) is 0 Å². The third-order valence-electron chi connectivity index (χ3n) is 8.29. The molecule has 0 spiro atoms. The number of rotatable bonds is 0. The van der Waals surface area contributed by atoms with Crippen molar-refractivity contribution in [3.05, 3.63) is 144 Å². The second-order valence-electron chi connectivity index (χ2n) is 12.1. The van der Waals surface area contributed by atoms with Crippen LogP contribution in [0.15, 0.2) is 85.0 Å². The van der Waals surface area contributed by atoms with Gasteiger partial charge in [0.25, 0.3) is 0 Å². The Bertz CT molecular complexity index is 1360. The number of hydrogen-bond acceptors (Lipinski definition) is 0. The fourth-order valence-corrected chi connectivity index (χ4v) is 5.86. The maximum absolute atomic E-state index is 3.34. The van der Waals surface area contributed by atoms with E-state index in [4.69, 9.17) is 0 Å². The maximum atomic E-state index is 3.34. The zero-order chi connectivity index (χ0) is 28.9. The Kier molecular flexibility index (Phi) is 15.2. The second-order valence-corrected chi connectivity index (χ2v) is 12.1. The molecule has 7 rings (SSSR count). The molecule has 0 saturated carbocycles. The van der Waals surface area contributed by atoms with E-state index in [1.165, 1.54) is 79.9 Å². The van der Waals surface area contributed by atoms with Gasteiger partial charge in [0, 0.05) is 0 Å². The monoisotopic (exact) mass is 686 g/mol. The van der Waals surface area contributed by atoms with E-state index in [-0.39, 0.29) is 43.1 Å². The minimum atomic E-state index is 0. The van der Waals surface area contributed by atoms with Crippen molar-refractivity contribution in [3.63, 3.8) is 0 Å². The van der Waals surface area contributed by atoms with E-state index in [9.17, 15) is 0 Å². The molecule has 0 N–H and O–H groups in total. The molecule has 0 fully saturated rings. The number of halogens is 2. The van der Waals surface area contributed by atoms with Crippen LogP contribution in [0.5, 0.6) is 0 Å². The van der Waals surface area contributed by atoms with Gasteiger partial charge in [0.1, 0.15) is 0 Å². The van der Waals surface area contributed by atoms with E-state index in [1.54, 1.807) is 0 Å². The number of hydrogen-bond donors (Lipinski definition) is 0. The van der Waals surface area contributed by atoms with Crippen molar-refractivity contribution in [1.82, 2.24) is 0 Å². The first-order chi connectivity index (χ1) is 19.2. The summed E-state index contributed by atoms with van der Waals surface area (Å²) in [4.78, 5) is 0. The summed E-state index contributed by atoms with van der Waals surface area (Å²) in [6, 6.07) is 22.5. The predicted octanol–water partition coefficient (Wildman–Crippen LogP) is 11.3. The van der Waals surface area contributed by atoms with Crippen LogP contribution in [-0.4, -0.2) is 4.21 Å². The van der Waals surface area contributed by atoms with Gasteiger partial charge >= 0.3 is 28.4 Å². The normalized spacial score (nSPS) is 16.1. The molecule has 228 valence electrons. The minimum Gasteiger partial charge on any atom is -0.358 e. The molecule has 3 aromatic rings. The summed E-state index contributed by atoms with van der Waals surface area (Å²) in [5, 5.41) is 0. The molecular formula is C40H46Cl2Zr-4. The molecule has 0 radical (unpaired) electrons. The minimum absolute atomic E-state index is 0. The third kappa shape index (κ3) is 8.72. The van der Waals surface area contributed by atoms with Crippen molar-refractivity contribution in [2.75, 3.05) is 0 Å². The van der Waals surface area contributed by atoms with Crippen molar-refractivity contribution >= 4 is 40.2 Å². The fraction of sp³-hybridized carbons (Fsp3) is 0.275. The van der Waals surface area contributed by atoms with Crippen LogP contribution in [0.25, 0.3) is 22.3 Å². The summed E-state index contributed by atoms with van der Waals surface area (Å²) >= 11 is 1.30.